The standard InChI is InChI=1S/C14H30N2O/c1-3-4-5-6-7-8-9-14(16-15)13-10-12(2)17-11-13/h12-14,16H,3-11,15H2,1-2H3. The third-order valence-corrected chi connectivity index (χ3v) is 3.88. The molecule has 3 nitrogen and oxygen atoms in total. The summed E-state index contributed by atoms with van der Waals surface area (Å²) in [7, 11) is 0. The van der Waals surface area contributed by atoms with Gasteiger partial charge in [-0.05, 0) is 19.8 Å². The molecule has 1 saturated heterocycles. The molecule has 17 heavy (non-hydrogen) atoms. The first-order chi connectivity index (χ1) is 8.27. The smallest absolute Gasteiger partial charge is 0.0551 e. The Labute approximate surface area is 106 Å². The second-order valence-corrected chi connectivity index (χ2v) is 5.47. The number of rotatable bonds is 9. The number of unbranched alkanes of at least 4 members (excludes halogenated alkanes) is 5. The molecule has 0 amide bonds. The maximum Gasteiger partial charge on any atom is 0.0551 e. The average Bonchev–Trinajstić information content (AvgIpc) is 2.75. The molecule has 1 rings (SSSR count). The SMILES string of the molecule is CCCCCCCCC(NN)C1COC(C)C1. The zero-order chi connectivity index (χ0) is 12.5. The Hall–Kier alpha value is -0.120. The topological polar surface area (TPSA) is 47.3 Å². The summed E-state index contributed by atoms with van der Waals surface area (Å²) in [6.45, 7) is 5.29. The Morgan fingerprint density at radius 2 is 1.94 bits per heavy atom. The molecule has 3 atom stereocenters. The zero-order valence-corrected chi connectivity index (χ0v) is 11.6. The van der Waals surface area contributed by atoms with Crippen molar-refractivity contribution in [3.05, 3.63) is 0 Å². The highest BCUT2D eigenvalue weighted by Gasteiger charge is 2.28. The van der Waals surface area contributed by atoms with Crippen LogP contribution in [0.15, 0.2) is 0 Å². The molecule has 1 fully saturated rings. The lowest BCUT2D eigenvalue weighted by molar-refractivity contribution is 0.116. The lowest BCUT2D eigenvalue weighted by atomic mass is 9.93. The number of hydrazine groups is 1. The van der Waals surface area contributed by atoms with Gasteiger partial charge in [0.2, 0.25) is 0 Å². The Kier molecular flexibility index (Phi) is 7.82. The summed E-state index contributed by atoms with van der Waals surface area (Å²) in [5.41, 5.74) is 2.99. The van der Waals surface area contributed by atoms with Gasteiger partial charge in [-0.15, -0.1) is 0 Å². The molecule has 1 aliphatic heterocycles. The van der Waals surface area contributed by atoms with Gasteiger partial charge >= 0.3 is 0 Å². The Morgan fingerprint density at radius 1 is 1.24 bits per heavy atom. The second kappa shape index (κ2) is 8.90. The van der Waals surface area contributed by atoms with Gasteiger partial charge in [-0.1, -0.05) is 45.4 Å². The predicted octanol–water partition coefficient (Wildman–Crippen LogP) is 2.99. The van der Waals surface area contributed by atoms with Gasteiger partial charge in [-0.25, -0.2) is 0 Å². The molecule has 102 valence electrons. The van der Waals surface area contributed by atoms with Crippen molar-refractivity contribution < 1.29 is 4.74 Å². The number of nitrogens with two attached hydrogens (primary N) is 1. The highest BCUT2D eigenvalue weighted by molar-refractivity contribution is 4.80. The average molecular weight is 242 g/mol. The molecule has 0 aliphatic carbocycles. The normalized spacial score (nSPS) is 26.3. The van der Waals surface area contributed by atoms with E-state index >= 15 is 0 Å². The molecule has 0 aromatic rings. The van der Waals surface area contributed by atoms with Crippen LogP contribution in [0.1, 0.15) is 65.2 Å². The van der Waals surface area contributed by atoms with E-state index in [2.05, 4.69) is 19.3 Å². The molecule has 0 saturated carbocycles. The minimum atomic E-state index is 0.417. The molecule has 0 bridgehead atoms. The van der Waals surface area contributed by atoms with Crippen molar-refractivity contribution in [2.45, 2.75) is 77.4 Å². The van der Waals surface area contributed by atoms with Gasteiger partial charge < -0.3 is 4.74 Å². The fourth-order valence-corrected chi connectivity index (χ4v) is 2.73. The van der Waals surface area contributed by atoms with Crippen LogP contribution in [-0.4, -0.2) is 18.8 Å². The van der Waals surface area contributed by atoms with Gasteiger partial charge in [-0.2, -0.15) is 0 Å². The van der Waals surface area contributed by atoms with E-state index in [0.717, 1.165) is 13.0 Å². The number of hydrogen-bond acceptors (Lipinski definition) is 3. The lowest BCUT2D eigenvalue weighted by Gasteiger charge is -2.21. The molecular weight excluding hydrogens is 212 g/mol. The molecule has 3 N–H and O–H groups in total. The first kappa shape index (κ1) is 14.9. The Morgan fingerprint density at radius 3 is 2.53 bits per heavy atom. The van der Waals surface area contributed by atoms with Gasteiger partial charge in [0.15, 0.2) is 0 Å². The van der Waals surface area contributed by atoms with Crippen molar-refractivity contribution >= 4 is 0 Å². The van der Waals surface area contributed by atoms with Crippen LogP contribution in [0.25, 0.3) is 0 Å². The van der Waals surface area contributed by atoms with Crippen LogP contribution in [0.4, 0.5) is 0 Å². The monoisotopic (exact) mass is 242 g/mol. The highest BCUT2D eigenvalue weighted by atomic mass is 16.5. The molecule has 0 spiro atoms. The van der Waals surface area contributed by atoms with Crippen LogP contribution in [0.2, 0.25) is 0 Å². The number of hydrogen-bond donors (Lipinski definition) is 2. The molecule has 0 aromatic carbocycles. The van der Waals surface area contributed by atoms with Crippen LogP contribution >= 0.6 is 0 Å². The van der Waals surface area contributed by atoms with Gasteiger partial charge in [0, 0.05) is 12.0 Å². The largest absolute Gasteiger partial charge is 0.378 e. The summed E-state index contributed by atoms with van der Waals surface area (Å²) in [6, 6.07) is 0.450. The third-order valence-electron chi connectivity index (χ3n) is 3.88. The quantitative estimate of drug-likeness (QED) is 0.371. The van der Waals surface area contributed by atoms with Crippen molar-refractivity contribution in [3.63, 3.8) is 0 Å². The number of ether oxygens (including phenoxy) is 1. The third kappa shape index (κ3) is 5.84. The molecule has 0 radical (unpaired) electrons. The maximum atomic E-state index is 5.65. The maximum absolute atomic E-state index is 5.65. The van der Waals surface area contributed by atoms with Crippen molar-refractivity contribution in [1.29, 1.82) is 0 Å². The minimum absolute atomic E-state index is 0.417. The fourth-order valence-electron chi connectivity index (χ4n) is 2.73. The summed E-state index contributed by atoms with van der Waals surface area (Å²) >= 11 is 0. The molecule has 1 heterocycles. The summed E-state index contributed by atoms with van der Waals surface area (Å²) in [4.78, 5) is 0. The van der Waals surface area contributed by atoms with Gasteiger partial charge in [0.25, 0.3) is 0 Å². The lowest BCUT2D eigenvalue weighted by Crippen LogP contribution is -2.41. The van der Waals surface area contributed by atoms with Crippen LogP contribution in [0, 0.1) is 5.92 Å². The van der Waals surface area contributed by atoms with E-state index < -0.39 is 0 Å². The van der Waals surface area contributed by atoms with E-state index in [9.17, 15) is 0 Å². The molecular formula is C14H30N2O. The van der Waals surface area contributed by atoms with Gasteiger partial charge in [0.1, 0.15) is 0 Å². The minimum Gasteiger partial charge on any atom is -0.378 e. The number of nitrogens with one attached hydrogen (secondary N) is 1. The first-order valence-corrected chi connectivity index (χ1v) is 7.35. The highest BCUT2D eigenvalue weighted by Crippen LogP contribution is 2.24. The van der Waals surface area contributed by atoms with Crippen LogP contribution in [0.5, 0.6) is 0 Å². The second-order valence-electron chi connectivity index (χ2n) is 5.47. The zero-order valence-electron chi connectivity index (χ0n) is 11.6. The molecule has 3 heteroatoms. The Balaban J connectivity index is 2.06. The van der Waals surface area contributed by atoms with E-state index in [1.807, 2.05) is 0 Å². The van der Waals surface area contributed by atoms with Crippen LogP contribution in [0.3, 0.4) is 0 Å². The predicted molar refractivity (Wildman–Crippen MR) is 72.6 cm³/mol. The summed E-state index contributed by atoms with van der Waals surface area (Å²) in [5, 5.41) is 0. The fraction of sp³-hybridized carbons (Fsp3) is 1.00. The van der Waals surface area contributed by atoms with E-state index in [1.54, 1.807) is 0 Å². The first-order valence-electron chi connectivity index (χ1n) is 7.35. The molecule has 0 aromatic heterocycles. The van der Waals surface area contributed by atoms with Gasteiger partial charge in [-0.3, -0.25) is 11.3 Å². The van der Waals surface area contributed by atoms with E-state index in [-0.39, 0.29) is 0 Å². The van der Waals surface area contributed by atoms with Crippen LogP contribution < -0.4 is 11.3 Å². The summed E-state index contributed by atoms with van der Waals surface area (Å²) in [6.07, 6.45) is 10.9. The van der Waals surface area contributed by atoms with Gasteiger partial charge in [0.05, 0.1) is 12.7 Å². The van der Waals surface area contributed by atoms with E-state index in [1.165, 1.54) is 44.9 Å². The molecule has 3 unspecified atom stereocenters. The summed E-state index contributed by atoms with van der Waals surface area (Å²) < 4.78 is 5.61. The van der Waals surface area contributed by atoms with Crippen molar-refractivity contribution in [2.24, 2.45) is 11.8 Å². The Bertz CT molecular complexity index is 187. The summed E-state index contributed by atoms with van der Waals surface area (Å²) in [5.74, 6) is 6.27. The van der Waals surface area contributed by atoms with Crippen molar-refractivity contribution in [1.82, 2.24) is 5.43 Å². The van der Waals surface area contributed by atoms with Crippen molar-refractivity contribution in [3.8, 4) is 0 Å². The van der Waals surface area contributed by atoms with E-state index in [0.29, 0.717) is 18.1 Å². The molecule has 1 aliphatic rings. The van der Waals surface area contributed by atoms with Crippen LogP contribution in [-0.2, 0) is 4.74 Å². The van der Waals surface area contributed by atoms with E-state index in [4.69, 9.17) is 10.6 Å². The van der Waals surface area contributed by atoms with Crippen molar-refractivity contribution in [2.75, 3.05) is 6.61 Å².